The van der Waals surface area contributed by atoms with Gasteiger partial charge in [0.2, 0.25) is 0 Å². The Bertz CT molecular complexity index is 300. The maximum Gasteiger partial charge on any atom is 0.314 e. The molecule has 0 spiro atoms. The Hall–Kier alpha value is -1.18. The third kappa shape index (κ3) is 4.68. The minimum absolute atomic E-state index is 0.360. The highest BCUT2D eigenvalue weighted by Crippen LogP contribution is 2.11. The van der Waals surface area contributed by atoms with E-state index in [-0.39, 0.29) is 0 Å². The molecule has 0 atom stereocenters. The molecule has 1 aliphatic carbocycles. The molecule has 0 aliphatic heterocycles. The first kappa shape index (κ1) is 13.9. The first-order valence-electron chi connectivity index (χ1n) is 6.64. The van der Waals surface area contributed by atoms with Crippen molar-refractivity contribution >= 4 is 5.71 Å². The van der Waals surface area contributed by atoms with Crippen LogP contribution in [0.15, 0.2) is 24.3 Å². The van der Waals surface area contributed by atoms with Gasteiger partial charge in [-0.15, -0.1) is 0 Å². The summed E-state index contributed by atoms with van der Waals surface area (Å²) in [6.07, 6.45) is 12.9. The molecule has 0 saturated carbocycles. The number of hydrogen-bond acceptors (Lipinski definition) is 1. The molecule has 0 saturated heterocycles. The lowest BCUT2D eigenvalue weighted by atomic mass is 10.1. The fourth-order valence-electron chi connectivity index (χ4n) is 1.96. The monoisotopic (exact) mass is 233 g/mol. The minimum atomic E-state index is 0.360. The summed E-state index contributed by atoms with van der Waals surface area (Å²) in [5, 5.41) is 0. The van der Waals surface area contributed by atoms with E-state index in [2.05, 4.69) is 35.7 Å². The van der Waals surface area contributed by atoms with Crippen LogP contribution in [0, 0.1) is 0 Å². The predicted octanol–water partition coefficient (Wildman–Crippen LogP) is 3.05. The summed E-state index contributed by atoms with van der Waals surface area (Å²) in [6, 6.07) is 0.360. The third-order valence-electron chi connectivity index (χ3n) is 3.06. The van der Waals surface area contributed by atoms with E-state index in [1.807, 2.05) is 12.2 Å². The van der Waals surface area contributed by atoms with Crippen LogP contribution >= 0.6 is 0 Å². The molecule has 0 aromatic heterocycles. The van der Waals surface area contributed by atoms with Gasteiger partial charge in [0.25, 0.3) is 0 Å². The average Bonchev–Trinajstić information content (AvgIpc) is 2.39. The second kappa shape index (κ2) is 7.99. The van der Waals surface area contributed by atoms with Crippen LogP contribution in [-0.2, 0) is 0 Å². The second-order valence-corrected chi connectivity index (χ2v) is 4.48. The summed E-state index contributed by atoms with van der Waals surface area (Å²) in [4.78, 5) is 5.68. The Morgan fingerprint density at radius 3 is 2.06 bits per heavy atom. The number of allylic oxidation sites excluding steroid dienone is 2. The lowest BCUT2D eigenvalue weighted by Crippen LogP contribution is -2.35. The van der Waals surface area contributed by atoms with Gasteiger partial charge in [0.1, 0.15) is 0 Å². The van der Waals surface area contributed by atoms with E-state index in [1.54, 1.807) is 0 Å². The van der Waals surface area contributed by atoms with Crippen LogP contribution in [0.4, 0.5) is 0 Å². The number of unbranched alkanes of at least 4 members (excludes halogenated alkanes) is 2. The van der Waals surface area contributed by atoms with E-state index in [1.165, 1.54) is 25.7 Å². The molecule has 0 radical (unpaired) electrons. The molecule has 0 heterocycles. The van der Waals surface area contributed by atoms with E-state index in [0.29, 0.717) is 11.8 Å². The van der Waals surface area contributed by atoms with E-state index < -0.39 is 0 Å². The summed E-state index contributed by atoms with van der Waals surface area (Å²) >= 11 is 0. The summed E-state index contributed by atoms with van der Waals surface area (Å²) in [5.74, 6) is 0. The van der Waals surface area contributed by atoms with Crippen LogP contribution in [0.5, 0.6) is 0 Å². The maximum atomic E-state index is 8.67. The van der Waals surface area contributed by atoms with Gasteiger partial charge in [-0.05, 0) is 25.9 Å². The first-order chi connectivity index (χ1) is 8.31. The van der Waals surface area contributed by atoms with Crippen molar-refractivity contribution in [2.75, 3.05) is 13.1 Å². The zero-order valence-corrected chi connectivity index (χ0v) is 11.0. The van der Waals surface area contributed by atoms with Crippen LogP contribution in [0.2, 0.25) is 0 Å². The minimum Gasteiger partial charge on any atom is -0.361 e. The molecule has 0 N–H and O–H groups in total. The molecule has 0 bridgehead atoms. The van der Waals surface area contributed by atoms with Crippen molar-refractivity contribution in [3.05, 3.63) is 29.8 Å². The molecular weight excluding hydrogens is 210 g/mol. The van der Waals surface area contributed by atoms with Crippen molar-refractivity contribution in [3.8, 4) is 0 Å². The molecule has 3 heteroatoms. The Labute approximate surface area is 104 Å². The first-order valence-corrected chi connectivity index (χ1v) is 6.64. The van der Waals surface area contributed by atoms with Gasteiger partial charge in [-0.1, -0.05) is 38.8 Å². The van der Waals surface area contributed by atoms with Crippen molar-refractivity contribution in [3.63, 3.8) is 0 Å². The quantitative estimate of drug-likeness (QED) is 0.492. The van der Waals surface area contributed by atoms with E-state index >= 15 is 0 Å². The Morgan fingerprint density at radius 2 is 1.65 bits per heavy atom. The molecule has 0 aromatic carbocycles. The number of nitrogens with zero attached hydrogens (tertiary/aromatic N) is 3. The van der Waals surface area contributed by atoms with Gasteiger partial charge in [0, 0.05) is 18.2 Å². The highest BCUT2D eigenvalue weighted by atomic mass is 15.1. The van der Waals surface area contributed by atoms with Gasteiger partial charge in [-0.3, -0.25) is 4.90 Å². The smallest absolute Gasteiger partial charge is 0.314 e. The summed E-state index contributed by atoms with van der Waals surface area (Å²) < 4.78 is 0. The maximum absolute atomic E-state index is 8.67. The fraction of sp³-hybridized carbons (Fsp3) is 0.643. The molecule has 0 unspecified atom stereocenters. The molecule has 1 rings (SSSR count). The second-order valence-electron chi connectivity index (χ2n) is 4.48. The van der Waals surface area contributed by atoms with Crippen molar-refractivity contribution in [1.29, 1.82) is 0 Å². The van der Waals surface area contributed by atoms with Gasteiger partial charge >= 0.3 is 5.71 Å². The number of hydrogen-bond donors (Lipinski definition) is 0. The predicted molar refractivity (Wildman–Crippen MR) is 72.1 cm³/mol. The third-order valence-corrected chi connectivity index (χ3v) is 3.06. The molecule has 0 amide bonds. The molecule has 3 nitrogen and oxygen atoms in total. The van der Waals surface area contributed by atoms with Gasteiger partial charge in [-0.2, -0.15) is 4.79 Å². The summed E-state index contributed by atoms with van der Waals surface area (Å²) in [7, 11) is 0. The van der Waals surface area contributed by atoms with Crippen LogP contribution in [-0.4, -0.2) is 34.5 Å². The highest BCUT2D eigenvalue weighted by Gasteiger charge is 2.16. The van der Waals surface area contributed by atoms with Crippen molar-refractivity contribution in [1.82, 2.24) is 4.90 Å². The van der Waals surface area contributed by atoms with Gasteiger partial charge in [0.15, 0.2) is 0 Å². The van der Waals surface area contributed by atoms with E-state index in [4.69, 9.17) is 5.53 Å². The van der Waals surface area contributed by atoms with Gasteiger partial charge in [-0.25, -0.2) is 0 Å². The molecule has 17 heavy (non-hydrogen) atoms. The Morgan fingerprint density at radius 1 is 1.12 bits per heavy atom. The summed E-state index contributed by atoms with van der Waals surface area (Å²) in [6.45, 7) is 6.73. The molecule has 94 valence electrons. The van der Waals surface area contributed by atoms with Crippen LogP contribution < -0.4 is 0 Å². The Balaban J connectivity index is 2.57. The fourth-order valence-corrected chi connectivity index (χ4v) is 1.96. The lowest BCUT2D eigenvalue weighted by molar-refractivity contribution is -0.00174. The van der Waals surface area contributed by atoms with Crippen LogP contribution in [0.25, 0.3) is 5.53 Å². The summed E-state index contributed by atoms with van der Waals surface area (Å²) in [5.41, 5.74) is 9.30. The zero-order valence-electron chi connectivity index (χ0n) is 11.0. The van der Waals surface area contributed by atoms with Gasteiger partial charge in [0.05, 0.1) is 0 Å². The SMILES string of the molecule is CCCCN(CCCC)C1C=CC(=[N+]=[N-])C=C1. The standard InChI is InChI=1S/C14H23N3/c1-3-5-11-17(12-6-4-2)14-9-7-13(16-15)8-10-14/h7-10,14H,3-6,11-12H2,1-2H3. The number of rotatable bonds is 7. The largest absolute Gasteiger partial charge is 0.361 e. The zero-order chi connectivity index (χ0) is 12.5. The van der Waals surface area contributed by atoms with Gasteiger partial charge < -0.3 is 5.53 Å². The topological polar surface area (TPSA) is 39.6 Å². The normalized spacial score (nSPS) is 18.8. The van der Waals surface area contributed by atoms with Crippen LogP contribution in [0.3, 0.4) is 0 Å². The lowest BCUT2D eigenvalue weighted by Gasteiger charge is -2.28. The molecule has 0 aromatic rings. The Kier molecular flexibility index (Phi) is 6.53. The van der Waals surface area contributed by atoms with Crippen molar-refractivity contribution in [2.24, 2.45) is 0 Å². The van der Waals surface area contributed by atoms with Crippen molar-refractivity contribution in [2.45, 2.75) is 45.6 Å². The molecular formula is C14H23N3. The van der Waals surface area contributed by atoms with Crippen LogP contribution in [0.1, 0.15) is 39.5 Å². The van der Waals surface area contributed by atoms with Crippen molar-refractivity contribution < 1.29 is 4.79 Å². The highest BCUT2D eigenvalue weighted by molar-refractivity contribution is 6.00. The van der Waals surface area contributed by atoms with E-state index in [9.17, 15) is 0 Å². The molecule has 0 fully saturated rings. The molecule has 1 aliphatic rings. The van der Waals surface area contributed by atoms with E-state index in [0.717, 1.165) is 13.1 Å². The average molecular weight is 233 g/mol.